The Bertz CT molecular complexity index is 1200. The second kappa shape index (κ2) is 8.50. The zero-order valence-corrected chi connectivity index (χ0v) is 17.0. The molecular formula is C20H17ClN6OS. The smallest absolute Gasteiger partial charge is 0.250 e. The second-order valence-corrected chi connectivity index (χ2v) is 7.63. The monoisotopic (exact) mass is 424 g/mol. The molecule has 29 heavy (non-hydrogen) atoms. The molecule has 4 aromatic rings. The first-order valence-corrected chi connectivity index (χ1v) is 10.1. The minimum absolute atomic E-state index is 0.173. The number of hydrogen-bond acceptors (Lipinski definition) is 5. The second-order valence-electron chi connectivity index (χ2n) is 6.25. The number of fused-ring (bicyclic) bond motifs is 1. The molecule has 2 heterocycles. The predicted molar refractivity (Wildman–Crippen MR) is 116 cm³/mol. The minimum atomic E-state index is -0.224. The summed E-state index contributed by atoms with van der Waals surface area (Å²) in [6.45, 7) is 0. The molecule has 0 aliphatic heterocycles. The molecule has 0 aliphatic rings. The molecule has 0 unspecified atom stereocenters. The molecule has 0 saturated carbocycles. The third-order valence-corrected chi connectivity index (χ3v) is 5.52. The number of carbonyl (C=O) groups is 1. The molecule has 1 amide bonds. The van der Waals surface area contributed by atoms with Gasteiger partial charge in [0, 0.05) is 40.3 Å². The Morgan fingerprint density at radius 1 is 1.28 bits per heavy atom. The SMILES string of the molecule is Cn1c(SCC(=O)NN=Cc2c[nH]c3ccccc23)nnc1-c1cccc(Cl)c1. The van der Waals surface area contributed by atoms with Crippen molar-refractivity contribution in [2.75, 3.05) is 5.75 Å². The Kier molecular flexibility index (Phi) is 5.64. The minimum Gasteiger partial charge on any atom is -0.361 e. The summed E-state index contributed by atoms with van der Waals surface area (Å²) in [5.74, 6) is 0.637. The van der Waals surface area contributed by atoms with Gasteiger partial charge in [-0.3, -0.25) is 4.79 Å². The van der Waals surface area contributed by atoms with Crippen molar-refractivity contribution in [3.63, 3.8) is 0 Å². The molecule has 2 aromatic heterocycles. The quantitative estimate of drug-likeness (QED) is 0.279. The lowest BCUT2D eigenvalue weighted by molar-refractivity contribution is -0.118. The van der Waals surface area contributed by atoms with E-state index in [0.717, 1.165) is 22.0 Å². The van der Waals surface area contributed by atoms with Gasteiger partial charge in [0.25, 0.3) is 5.91 Å². The van der Waals surface area contributed by atoms with Gasteiger partial charge in [-0.2, -0.15) is 5.10 Å². The Hall–Kier alpha value is -3.10. The Balaban J connectivity index is 1.35. The average molecular weight is 425 g/mol. The summed E-state index contributed by atoms with van der Waals surface area (Å²) in [5, 5.41) is 14.7. The number of carbonyl (C=O) groups excluding carboxylic acids is 1. The Morgan fingerprint density at radius 2 is 2.14 bits per heavy atom. The Labute approximate surface area is 176 Å². The molecule has 0 aliphatic carbocycles. The summed E-state index contributed by atoms with van der Waals surface area (Å²) in [5.41, 5.74) is 5.34. The van der Waals surface area contributed by atoms with Crippen LogP contribution in [0.1, 0.15) is 5.56 Å². The van der Waals surface area contributed by atoms with Gasteiger partial charge in [0.15, 0.2) is 11.0 Å². The standard InChI is InChI=1S/C20H17ClN6OS/c1-27-19(13-5-4-6-15(21)9-13)25-26-20(27)29-12-18(28)24-23-11-14-10-22-17-8-3-2-7-16(14)17/h2-11,22H,12H2,1H3,(H,24,28). The topological polar surface area (TPSA) is 88.0 Å². The van der Waals surface area contributed by atoms with Gasteiger partial charge in [0.2, 0.25) is 0 Å². The fourth-order valence-corrected chi connectivity index (χ4v) is 3.75. The van der Waals surface area contributed by atoms with Crippen molar-refractivity contribution in [2.24, 2.45) is 12.1 Å². The molecule has 0 saturated heterocycles. The highest BCUT2D eigenvalue weighted by Gasteiger charge is 2.13. The highest BCUT2D eigenvalue weighted by Crippen LogP contribution is 2.24. The van der Waals surface area contributed by atoms with Crippen LogP contribution in [0.15, 0.2) is 65.0 Å². The number of nitrogens with zero attached hydrogens (tertiary/aromatic N) is 4. The van der Waals surface area contributed by atoms with Gasteiger partial charge in [-0.05, 0) is 18.2 Å². The number of rotatable bonds is 6. The Morgan fingerprint density at radius 3 is 3.00 bits per heavy atom. The van der Waals surface area contributed by atoms with Crippen LogP contribution in [0.4, 0.5) is 0 Å². The first kappa shape index (κ1) is 19.2. The van der Waals surface area contributed by atoms with E-state index in [1.165, 1.54) is 11.8 Å². The lowest BCUT2D eigenvalue weighted by atomic mass is 10.2. The summed E-state index contributed by atoms with van der Waals surface area (Å²) in [7, 11) is 1.85. The highest BCUT2D eigenvalue weighted by atomic mass is 35.5. The van der Waals surface area contributed by atoms with Crippen LogP contribution in [0.25, 0.3) is 22.3 Å². The predicted octanol–water partition coefficient (Wildman–Crippen LogP) is 3.86. The van der Waals surface area contributed by atoms with E-state index < -0.39 is 0 Å². The van der Waals surface area contributed by atoms with E-state index in [9.17, 15) is 4.79 Å². The van der Waals surface area contributed by atoms with Gasteiger partial charge < -0.3 is 9.55 Å². The van der Waals surface area contributed by atoms with Crippen molar-refractivity contribution in [3.8, 4) is 11.4 Å². The number of hydrazone groups is 1. The lowest BCUT2D eigenvalue weighted by Gasteiger charge is -2.04. The van der Waals surface area contributed by atoms with Crippen LogP contribution in [0.2, 0.25) is 5.02 Å². The fraction of sp³-hybridized carbons (Fsp3) is 0.100. The number of aromatic amines is 1. The maximum atomic E-state index is 12.1. The normalized spacial score (nSPS) is 11.4. The maximum Gasteiger partial charge on any atom is 0.250 e. The summed E-state index contributed by atoms with van der Waals surface area (Å²) in [6.07, 6.45) is 3.48. The molecule has 9 heteroatoms. The summed E-state index contributed by atoms with van der Waals surface area (Å²) in [6, 6.07) is 15.3. The number of halogens is 1. The van der Waals surface area contributed by atoms with Crippen LogP contribution in [0, 0.1) is 0 Å². The van der Waals surface area contributed by atoms with Gasteiger partial charge in [-0.15, -0.1) is 10.2 Å². The molecule has 0 spiro atoms. The molecule has 0 bridgehead atoms. The van der Waals surface area contributed by atoms with Crippen molar-refractivity contribution in [1.29, 1.82) is 0 Å². The maximum absolute atomic E-state index is 12.1. The van der Waals surface area contributed by atoms with E-state index in [2.05, 4.69) is 25.7 Å². The number of hydrogen-bond donors (Lipinski definition) is 2. The molecule has 2 aromatic carbocycles. The van der Waals surface area contributed by atoms with Crippen LogP contribution >= 0.6 is 23.4 Å². The van der Waals surface area contributed by atoms with Gasteiger partial charge in [-0.1, -0.05) is 53.7 Å². The lowest BCUT2D eigenvalue weighted by Crippen LogP contribution is -2.19. The molecular weight excluding hydrogens is 408 g/mol. The van der Waals surface area contributed by atoms with Gasteiger partial charge in [-0.25, -0.2) is 5.43 Å². The van der Waals surface area contributed by atoms with Crippen LogP contribution in [0.3, 0.4) is 0 Å². The molecule has 7 nitrogen and oxygen atoms in total. The number of H-pyrrole nitrogens is 1. The molecule has 0 atom stereocenters. The number of nitrogens with one attached hydrogen (secondary N) is 2. The number of aromatic nitrogens is 4. The van der Waals surface area contributed by atoms with E-state index >= 15 is 0 Å². The first-order chi connectivity index (χ1) is 14.1. The molecule has 2 N–H and O–H groups in total. The van der Waals surface area contributed by atoms with Crippen molar-refractivity contribution in [2.45, 2.75) is 5.16 Å². The molecule has 0 fully saturated rings. The van der Waals surface area contributed by atoms with Crippen LogP contribution in [0.5, 0.6) is 0 Å². The van der Waals surface area contributed by atoms with Crippen molar-refractivity contribution in [3.05, 3.63) is 65.3 Å². The summed E-state index contributed by atoms with van der Waals surface area (Å²) < 4.78 is 1.83. The first-order valence-electron chi connectivity index (χ1n) is 8.78. The number of para-hydroxylation sites is 1. The largest absolute Gasteiger partial charge is 0.361 e. The summed E-state index contributed by atoms with van der Waals surface area (Å²) in [4.78, 5) is 15.3. The average Bonchev–Trinajstić information content (AvgIpc) is 3.30. The number of thioether (sulfide) groups is 1. The van der Waals surface area contributed by atoms with E-state index in [4.69, 9.17) is 11.6 Å². The van der Waals surface area contributed by atoms with E-state index in [-0.39, 0.29) is 11.7 Å². The van der Waals surface area contributed by atoms with E-state index in [1.807, 2.05) is 60.3 Å². The summed E-state index contributed by atoms with van der Waals surface area (Å²) >= 11 is 7.33. The zero-order chi connectivity index (χ0) is 20.2. The van der Waals surface area contributed by atoms with E-state index in [0.29, 0.717) is 16.0 Å². The number of amides is 1. The molecule has 146 valence electrons. The van der Waals surface area contributed by atoms with Crippen molar-refractivity contribution in [1.82, 2.24) is 25.2 Å². The van der Waals surface area contributed by atoms with Crippen LogP contribution < -0.4 is 5.43 Å². The molecule has 4 rings (SSSR count). The van der Waals surface area contributed by atoms with Crippen LogP contribution in [-0.2, 0) is 11.8 Å². The fourth-order valence-electron chi connectivity index (χ4n) is 2.86. The van der Waals surface area contributed by atoms with Gasteiger partial charge >= 0.3 is 0 Å². The van der Waals surface area contributed by atoms with Gasteiger partial charge in [0.05, 0.1) is 12.0 Å². The van der Waals surface area contributed by atoms with Gasteiger partial charge in [0.1, 0.15) is 0 Å². The third kappa shape index (κ3) is 4.33. The zero-order valence-electron chi connectivity index (χ0n) is 15.5. The van der Waals surface area contributed by atoms with Crippen molar-refractivity contribution < 1.29 is 4.79 Å². The van der Waals surface area contributed by atoms with Crippen molar-refractivity contribution >= 4 is 46.4 Å². The third-order valence-electron chi connectivity index (χ3n) is 4.26. The van der Waals surface area contributed by atoms with Crippen LogP contribution in [-0.4, -0.2) is 37.6 Å². The van der Waals surface area contributed by atoms with E-state index in [1.54, 1.807) is 12.3 Å². The number of benzene rings is 2. The highest BCUT2D eigenvalue weighted by molar-refractivity contribution is 7.99. The molecule has 0 radical (unpaired) electrons.